The molecule has 10 bridgehead atoms. The van der Waals surface area contributed by atoms with Crippen molar-refractivity contribution in [2.75, 3.05) is 13.7 Å². The third-order valence-electron chi connectivity index (χ3n) is 23.0. The normalized spacial score (nSPS) is 30.0. The molecule has 12 heteroatoms. The van der Waals surface area contributed by atoms with Crippen molar-refractivity contribution in [3.8, 4) is 34.8 Å². The van der Waals surface area contributed by atoms with E-state index >= 15 is 0 Å². The largest absolute Gasteiger partial charge is 0.508 e. The first-order valence-electron chi connectivity index (χ1n) is 33.2. The Kier molecular flexibility index (Phi) is 14.5. The van der Waals surface area contributed by atoms with Crippen molar-refractivity contribution in [3.05, 3.63) is 181 Å². The first kappa shape index (κ1) is 56.4. The fourth-order valence-electron chi connectivity index (χ4n) is 18.8. The molecule has 1 aromatic heterocycles. The standard InChI is InChI=1S/C76H83N3O9/c1-85-69-28-24-60-58-22-14-44(11-12-45-15-25-63(82)51(31-45)32-46-7-5-10-57(81)33-46)13-16-47-19-26-66-70(58)74(78-73(60)77-69)79-39-52-34-56(76-55-21-17-48-8-6-9-49(71(48)76)20-27-68(76)75(87-43-55)29-3-2-4-30-75)35-54(62(52)40-79)42-86-72-59-23-18-50(64(83)38-67(47)88-66)36-61(59)53(41-80)37-65(72)84/h5-10,15,19,25-26,31,33-35,37,39-40,44,47,50,55,64,66-69,73,77-78,80-84H,2-4,11-13,16-18,20-21,23-24,27-30,32,36,38,41-43H2,1H3/t44-,47-,50-,55-,64+,66+,67-,68+,69+,73?,76+/m1/s1. The van der Waals surface area contributed by atoms with Crippen molar-refractivity contribution < 1.29 is 44.5 Å². The van der Waals surface area contributed by atoms with E-state index in [4.69, 9.17) is 18.9 Å². The van der Waals surface area contributed by atoms with Crippen molar-refractivity contribution in [2.45, 2.75) is 183 Å². The van der Waals surface area contributed by atoms with E-state index in [0.717, 1.165) is 145 Å². The van der Waals surface area contributed by atoms with Crippen LogP contribution in [0, 0.1) is 41.4 Å². The molecule has 2 saturated heterocycles. The minimum absolute atomic E-state index is 0.0166. The van der Waals surface area contributed by atoms with Crippen LogP contribution >= 0.6 is 0 Å². The first-order chi connectivity index (χ1) is 43.0. The van der Waals surface area contributed by atoms with Crippen molar-refractivity contribution in [1.29, 1.82) is 0 Å². The van der Waals surface area contributed by atoms with E-state index in [1.165, 1.54) is 41.5 Å². The molecule has 0 radical (unpaired) electrons. The molecule has 12 aliphatic rings. The molecule has 7 aliphatic heterocycles. The lowest BCUT2D eigenvalue weighted by Crippen LogP contribution is -2.64. The summed E-state index contributed by atoms with van der Waals surface area (Å²) in [5, 5.41) is 67.1. The number of nitrogens with zero attached hydrogens (tertiary/aromatic N) is 1. The van der Waals surface area contributed by atoms with Crippen LogP contribution in [0.25, 0.3) is 16.6 Å². The quantitative estimate of drug-likeness (QED) is 0.0573. The molecule has 5 aliphatic carbocycles. The Labute approximate surface area is 516 Å². The lowest BCUT2D eigenvalue weighted by atomic mass is 9.45. The fraction of sp³-hybridized carbons (Fsp3) is 0.474. The molecule has 1 unspecified atom stereocenters. The molecule has 5 aromatic carbocycles. The molecule has 12 nitrogen and oxygen atoms in total. The summed E-state index contributed by atoms with van der Waals surface area (Å²) < 4.78 is 30.5. The molecule has 456 valence electrons. The second-order valence-electron chi connectivity index (χ2n) is 27.7. The third-order valence-corrected chi connectivity index (χ3v) is 23.0. The number of aromatic nitrogens is 1. The van der Waals surface area contributed by atoms with Gasteiger partial charge in [-0.2, -0.15) is 0 Å². The molecule has 11 atom stereocenters. The fourth-order valence-corrected chi connectivity index (χ4v) is 18.8. The average molecular weight is 1180 g/mol. The van der Waals surface area contributed by atoms with Crippen LogP contribution in [0.3, 0.4) is 0 Å². The second kappa shape index (κ2) is 22.6. The Morgan fingerprint density at radius 2 is 1.66 bits per heavy atom. The highest BCUT2D eigenvalue weighted by Gasteiger charge is 2.63. The SMILES string of the molecule is CO[C@H]1CCC2=C3C#C[C@H](CCc4ccc(O)c(Cc5cccc(O)c5)c4)CC[C@@H]4C=C[C@@H]5O[C@@H]4C[C@H](O)[C@@H]4CCc6c(c(CO)cc(O)c6OCc6cc([C@]78c9c%10cccc9CC[C@H]7C7(CCCCC7)OC[C@H]8CC%10)cc7cn(cc67)C(=C35)NC2N1)C4. The van der Waals surface area contributed by atoms with Crippen molar-refractivity contribution in [3.63, 3.8) is 0 Å². The summed E-state index contributed by atoms with van der Waals surface area (Å²) in [5.41, 5.74) is 15.0. The third kappa shape index (κ3) is 9.54. The van der Waals surface area contributed by atoms with E-state index in [1.807, 2.05) is 18.2 Å². The van der Waals surface area contributed by atoms with Gasteiger partial charge < -0.3 is 54.4 Å². The Morgan fingerprint density at radius 3 is 2.51 bits per heavy atom. The number of phenolic OH excluding ortho intramolecular Hbond substituents is 3. The van der Waals surface area contributed by atoms with Crippen molar-refractivity contribution >= 4 is 16.6 Å². The van der Waals surface area contributed by atoms with Gasteiger partial charge in [-0.15, -0.1) is 0 Å². The van der Waals surface area contributed by atoms with E-state index < -0.39 is 12.2 Å². The van der Waals surface area contributed by atoms with Crippen LogP contribution in [-0.4, -0.2) is 80.1 Å². The Hall–Kier alpha value is -6.82. The Morgan fingerprint density at radius 1 is 0.795 bits per heavy atom. The summed E-state index contributed by atoms with van der Waals surface area (Å²) >= 11 is 0. The number of nitrogens with one attached hydrogen (secondary N) is 2. The Bertz CT molecular complexity index is 3900. The van der Waals surface area contributed by atoms with Gasteiger partial charge in [0.05, 0.1) is 31.0 Å². The summed E-state index contributed by atoms with van der Waals surface area (Å²) in [6.07, 6.45) is 24.9. The smallest absolute Gasteiger partial charge is 0.164 e. The van der Waals surface area contributed by atoms with E-state index in [1.54, 1.807) is 36.9 Å². The number of fused-ring (bicyclic) bond motifs is 8. The van der Waals surface area contributed by atoms with Crippen LogP contribution in [0.5, 0.6) is 23.0 Å². The second-order valence-corrected chi connectivity index (χ2v) is 27.7. The summed E-state index contributed by atoms with van der Waals surface area (Å²) in [4.78, 5) is 0. The lowest BCUT2D eigenvalue weighted by Gasteiger charge is -2.63. The molecule has 1 saturated carbocycles. The number of hydrogen-bond acceptors (Lipinski definition) is 11. The molecule has 6 aromatic rings. The van der Waals surface area contributed by atoms with Crippen LogP contribution in [0.1, 0.15) is 151 Å². The molecule has 0 amide bonds. The number of rotatable bonds is 8. The lowest BCUT2D eigenvalue weighted by molar-refractivity contribution is -0.193. The van der Waals surface area contributed by atoms with Gasteiger partial charge in [-0.3, -0.25) is 5.32 Å². The minimum Gasteiger partial charge on any atom is -0.508 e. The van der Waals surface area contributed by atoms with Gasteiger partial charge >= 0.3 is 0 Å². The number of aliphatic hydroxyl groups excluding tert-OH is 2. The summed E-state index contributed by atoms with van der Waals surface area (Å²) in [6, 6.07) is 27.0. The van der Waals surface area contributed by atoms with Gasteiger partial charge in [0.2, 0.25) is 0 Å². The van der Waals surface area contributed by atoms with Crippen LogP contribution in [0.4, 0.5) is 0 Å². The molecule has 3 fully saturated rings. The van der Waals surface area contributed by atoms with Crippen LogP contribution < -0.4 is 15.4 Å². The van der Waals surface area contributed by atoms with Crippen LogP contribution in [0.2, 0.25) is 0 Å². The molecular weight excluding hydrogens is 1100 g/mol. The highest BCUT2D eigenvalue weighted by atomic mass is 16.5. The van der Waals surface area contributed by atoms with Crippen molar-refractivity contribution in [1.82, 2.24) is 15.2 Å². The predicted octanol–water partition coefficient (Wildman–Crippen LogP) is 12.2. The number of methoxy groups -OCH3 is 1. The number of aryl methyl sites for hydroxylation is 3. The number of aromatic hydroxyl groups is 3. The van der Waals surface area contributed by atoms with Gasteiger partial charge in [-0.05, 0) is 200 Å². The maximum atomic E-state index is 12.7. The van der Waals surface area contributed by atoms with Gasteiger partial charge in [0.15, 0.2) is 11.5 Å². The van der Waals surface area contributed by atoms with Crippen LogP contribution in [0.15, 0.2) is 120 Å². The number of benzene rings is 5. The highest BCUT2D eigenvalue weighted by molar-refractivity contribution is 5.89. The number of phenols is 3. The average Bonchev–Trinajstić information content (AvgIpc) is 0.771. The van der Waals surface area contributed by atoms with Gasteiger partial charge in [0.25, 0.3) is 0 Å². The van der Waals surface area contributed by atoms with Gasteiger partial charge in [0.1, 0.15) is 42.4 Å². The maximum Gasteiger partial charge on any atom is 0.164 e. The highest BCUT2D eigenvalue weighted by Crippen LogP contribution is 2.64. The molecule has 1 spiro atoms. The summed E-state index contributed by atoms with van der Waals surface area (Å²) in [5.74, 6) is 10.3. The van der Waals surface area contributed by atoms with E-state index in [0.29, 0.717) is 55.3 Å². The van der Waals surface area contributed by atoms with Crippen molar-refractivity contribution in [2.24, 2.45) is 29.6 Å². The summed E-state index contributed by atoms with van der Waals surface area (Å²) in [6.45, 7) is 0.729. The predicted molar refractivity (Wildman–Crippen MR) is 339 cm³/mol. The molecule has 88 heavy (non-hydrogen) atoms. The number of hydrogen-bond donors (Lipinski definition) is 7. The molecule has 18 rings (SSSR count). The molecular formula is C76H83N3O9. The number of piperidine rings is 1. The van der Waals surface area contributed by atoms with E-state index in [-0.39, 0.29) is 77.7 Å². The monoisotopic (exact) mass is 1180 g/mol. The minimum atomic E-state index is -0.698. The maximum absolute atomic E-state index is 12.7. The van der Waals surface area contributed by atoms with Gasteiger partial charge in [-0.25, -0.2) is 0 Å². The summed E-state index contributed by atoms with van der Waals surface area (Å²) in [7, 11) is 1.77. The molecule has 8 heterocycles. The number of aliphatic hydroxyl groups is 2. The number of dihydropyridines is 1. The first-order valence-corrected chi connectivity index (χ1v) is 33.2. The van der Waals surface area contributed by atoms with Crippen LogP contribution in [-0.2, 0) is 71.4 Å². The van der Waals surface area contributed by atoms with E-state index in [2.05, 4.69) is 88.0 Å². The van der Waals surface area contributed by atoms with Gasteiger partial charge in [0, 0.05) is 83.0 Å². The van der Waals surface area contributed by atoms with Gasteiger partial charge in [-0.1, -0.05) is 91.8 Å². The number of ether oxygens (including phenoxy) is 4. The zero-order chi connectivity index (χ0) is 59.4. The zero-order valence-electron chi connectivity index (χ0n) is 50.7. The molecule has 7 N–H and O–H groups in total. The topological polar surface area (TPSA) is 167 Å². The zero-order valence-corrected chi connectivity index (χ0v) is 50.7. The Balaban J connectivity index is 0.884. The van der Waals surface area contributed by atoms with E-state index in [9.17, 15) is 25.5 Å².